The van der Waals surface area contributed by atoms with Crippen LogP contribution in [0, 0.1) is 6.92 Å². The predicted molar refractivity (Wildman–Crippen MR) is 101 cm³/mol. The van der Waals surface area contributed by atoms with Gasteiger partial charge < -0.3 is 4.74 Å². The Labute approximate surface area is 154 Å². The molecule has 6 heteroatoms. The SMILES string of the molecule is C=C(c1ccccc1)N(/C=C/C(=O)OCC)S(=O)(=O)c1ccc(C)cc1. The molecule has 136 valence electrons. The van der Waals surface area contributed by atoms with E-state index in [-0.39, 0.29) is 17.2 Å². The number of benzene rings is 2. The van der Waals surface area contributed by atoms with E-state index >= 15 is 0 Å². The molecule has 5 nitrogen and oxygen atoms in total. The first kappa shape index (κ1) is 19.5. The summed E-state index contributed by atoms with van der Waals surface area (Å²) in [5.41, 5.74) is 1.79. The highest BCUT2D eigenvalue weighted by molar-refractivity contribution is 7.89. The van der Waals surface area contributed by atoms with Crippen LogP contribution in [-0.4, -0.2) is 25.3 Å². The Hall–Kier alpha value is -2.86. The lowest BCUT2D eigenvalue weighted by atomic mass is 10.2. The van der Waals surface area contributed by atoms with E-state index in [0.29, 0.717) is 5.56 Å². The molecule has 0 saturated carbocycles. The number of hydrogen-bond donors (Lipinski definition) is 0. The van der Waals surface area contributed by atoms with Gasteiger partial charge >= 0.3 is 5.97 Å². The summed E-state index contributed by atoms with van der Waals surface area (Å²) in [6, 6.07) is 15.4. The largest absolute Gasteiger partial charge is 0.463 e. The van der Waals surface area contributed by atoms with Gasteiger partial charge in [0.15, 0.2) is 0 Å². The molecular weight excluding hydrogens is 350 g/mol. The zero-order valence-corrected chi connectivity index (χ0v) is 15.6. The van der Waals surface area contributed by atoms with Crippen LogP contribution in [0.15, 0.2) is 78.3 Å². The third-order valence-corrected chi connectivity index (χ3v) is 5.31. The van der Waals surface area contributed by atoms with Gasteiger partial charge in [0, 0.05) is 12.3 Å². The van der Waals surface area contributed by atoms with Gasteiger partial charge in [-0.3, -0.25) is 0 Å². The summed E-state index contributed by atoms with van der Waals surface area (Å²) >= 11 is 0. The molecule has 2 rings (SSSR count). The summed E-state index contributed by atoms with van der Waals surface area (Å²) in [6.45, 7) is 7.65. The Morgan fingerprint density at radius 3 is 2.31 bits per heavy atom. The molecule has 26 heavy (non-hydrogen) atoms. The second-order valence-electron chi connectivity index (χ2n) is 5.49. The fourth-order valence-corrected chi connectivity index (χ4v) is 3.54. The van der Waals surface area contributed by atoms with E-state index in [4.69, 9.17) is 4.74 Å². The molecule has 0 N–H and O–H groups in total. The van der Waals surface area contributed by atoms with Gasteiger partial charge in [0.2, 0.25) is 0 Å². The van der Waals surface area contributed by atoms with Crippen molar-refractivity contribution in [1.82, 2.24) is 4.31 Å². The van der Waals surface area contributed by atoms with E-state index in [1.165, 1.54) is 18.3 Å². The Bertz CT molecular complexity index is 901. The summed E-state index contributed by atoms with van der Waals surface area (Å²) in [5, 5.41) is 0. The molecule has 0 unspecified atom stereocenters. The monoisotopic (exact) mass is 371 g/mol. The number of ether oxygens (including phenoxy) is 1. The minimum atomic E-state index is -3.94. The van der Waals surface area contributed by atoms with Crippen LogP contribution < -0.4 is 0 Å². The van der Waals surface area contributed by atoms with Crippen LogP contribution in [0.5, 0.6) is 0 Å². The molecule has 2 aromatic rings. The maximum Gasteiger partial charge on any atom is 0.332 e. The van der Waals surface area contributed by atoms with Gasteiger partial charge in [0.1, 0.15) is 0 Å². The third-order valence-electron chi connectivity index (χ3n) is 3.58. The van der Waals surface area contributed by atoms with E-state index in [1.807, 2.05) is 13.0 Å². The molecule has 0 spiro atoms. The van der Waals surface area contributed by atoms with Crippen LogP contribution in [0.3, 0.4) is 0 Å². The van der Waals surface area contributed by atoms with Gasteiger partial charge in [-0.25, -0.2) is 17.5 Å². The van der Waals surface area contributed by atoms with Crippen LogP contribution in [0.25, 0.3) is 5.70 Å². The zero-order chi connectivity index (χ0) is 19.2. The normalized spacial score (nSPS) is 11.3. The van der Waals surface area contributed by atoms with E-state index in [1.54, 1.807) is 43.3 Å². The topological polar surface area (TPSA) is 63.7 Å². The molecule has 0 aliphatic rings. The molecule has 0 fully saturated rings. The quantitative estimate of drug-likeness (QED) is 0.549. The van der Waals surface area contributed by atoms with Crippen molar-refractivity contribution < 1.29 is 17.9 Å². The number of aryl methyl sites for hydroxylation is 1. The number of carbonyl (C=O) groups is 1. The van der Waals surface area contributed by atoms with Gasteiger partial charge in [-0.05, 0) is 31.5 Å². The smallest absolute Gasteiger partial charge is 0.332 e. The van der Waals surface area contributed by atoms with Crippen molar-refractivity contribution in [2.24, 2.45) is 0 Å². The molecule has 0 heterocycles. The molecule has 0 aliphatic heterocycles. The minimum Gasteiger partial charge on any atom is -0.463 e. The van der Waals surface area contributed by atoms with E-state index in [0.717, 1.165) is 15.9 Å². The number of hydrogen-bond acceptors (Lipinski definition) is 4. The summed E-state index contributed by atoms with van der Waals surface area (Å²) in [7, 11) is -3.94. The van der Waals surface area contributed by atoms with Crippen LogP contribution in [0.4, 0.5) is 0 Å². The van der Waals surface area contributed by atoms with Crippen molar-refractivity contribution in [2.45, 2.75) is 18.7 Å². The molecule has 0 saturated heterocycles. The number of sulfonamides is 1. The van der Waals surface area contributed by atoms with Crippen molar-refractivity contribution >= 4 is 21.7 Å². The van der Waals surface area contributed by atoms with E-state index in [9.17, 15) is 13.2 Å². The summed E-state index contributed by atoms with van der Waals surface area (Å²) < 4.78 is 32.0. The third kappa shape index (κ3) is 4.61. The number of esters is 1. The molecular formula is C20H21NO4S. The lowest BCUT2D eigenvalue weighted by molar-refractivity contribution is -0.137. The molecule has 0 aliphatic carbocycles. The van der Waals surface area contributed by atoms with E-state index < -0.39 is 16.0 Å². The zero-order valence-electron chi connectivity index (χ0n) is 14.8. The lowest BCUT2D eigenvalue weighted by Gasteiger charge is -2.23. The fraction of sp³-hybridized carbons (Fsp3) is 0.150. The van der Waals surface area contributed by atoms with Crippen molar-refractivity contribution in [3.05, 3.63) is 84.6 Å². The standard InChI is InChI=1S/C20H21NO4S/c1-4-25-20(22)14-15-21(17(3)18-8-6-5-7-9-18)26(23,24)19-12-10-16(2)11-13-19/h5-15H,3-4H2,1-2H3/b15-14+. The molecule has 0 bridgehead atoms. The fourth-order valence-electron chi connectivity index (χ4n) is 2.22. The molecule has 0 atom stereocenters. The Morgan fingerprint density at radius 2 is 1.73 bits per heavy atom. The Kier molecular flexibility index (Phi) is 6.36. The first-order valence-corrected chi connectivity index (χ1v) is 9.50. The first-order chi connectivity index (χ1) is 12.4. The number of nitrogens with zero attached hydrogens (tertiary/aromatic N) is 1. The van der Waals surface area contributed by atoms with E-state index in [2.05, 4.69) is 6.58 Å². The van der Waals surface area contributed by atoms with Crippen molar-refractivity contribution in [3.8, 4) is 0 Å². The number of rotatable bonds is 7. The van der Waals surface area contributed by atoms with Gasteiger partial charge in [0.05, 0.1) is 17.2 Å². The first-order valence-electron chi connectivity index (χ1n) is 8.06. The maximum atomic E-state index is 13.1. The maximum absolute atomic E-state index is 13.1. The summed E-state index contributed by atoms with van der Waals surface area (Å²) in [6.07, 6.45) is 2.24. The molecule has 2 aromatic carbocycles. The summed E-state index contributed by atoms with van der Waals surface area (Å²) in [5.74, 6) is -0.627. The highest BCUT2D eigenvalue weighted by Crippen LogP contribution is 2.26. The average Bonchev–Trinajstić information content (AvgIpc) is 2.63. The number of carbonyl (C=O) groups excluding carboxylic acids is 1. The second kappa shape index (κ2) is 8.49. The Morgan fingerprint density at radius 1 is 1.12 bits per heavy atom. The van der Waals surface area contributed by atoms with Crippen LogP contribution in [0.1, 0.15) is 18.1 Å². The van der Waals surface area contributed by atoms with Crippen LogP contribution in [-0.2, 0) is 19.6 Å². The lowest BCUT2D eigenvalue weighted by Crippen LogP contribution is -2.25. The van der Waals surface area contributed by atoms with Gasteiger partial charge in [-0.2, -0.15) is 0 Å². The predicted octanol–water partition coefficient (Wildman–Crippen LogP) is 3.73. The van der Waals surface area contributed by atoms with Gasteiger partial charge in [0.25, 0.3) is 10.0 Å². The highest BCUT2D eigenvalue weighted by Gasteiger charge is 2.25. The van der Waals surface area contributed by atoms with Crippen molar-refractivity contribution in [3.63, 3.8) is 0 Å². The van der Waals surface area contributed by atoms with Crippen LogP contribution >= 0.6 is 0 Å². The van der Waals surface area contributed by atoms with Gasteiger partial charge in [-0.15, -0.1) is 0 Å². The minimum absolute atomic E-state index is 0.105. The molecule has 0 radical (unpaired) electrons. The van der Waals surface area contributed by atoms with Gasteiger partial charge in [-0.1, -0.05) is 54.6 Å². The van der Waals surface area contributed by atoms with Crippen molar-refractivity contribution in [2.75, 3.05) is 6.61 Å². The highest BCUT2D eigenvalue weighted by atomic mass is 32.2. The molecule has 0 aromatic heterocycles. The molecule has 0 amide bonds. The van der Waals surface area contributed by atoms with Crippen molar-refractivity contribution in [1.29, 1.82) is 0 Å². The average molecular weight is 371 g/mol. The second-order valence-corrected chi connectivity index (χ2v) is 7.31. The Balaban J connectivity index is 2.47. The summed E-state index contributed by atoms with van der Waals surface area (Å²) in [4.78, 5) is 11.8. The van der Waals surface area contributed by atoms with Crippen LogP contribution in [0.2, 0.25) is 0 Å².